The maximum atomic E-state index is 11.7. The van der Waals surface area contributed by atoms with Crippen molar-refractivity contribution in [3.63, 3.8) is 0 Å². The zero-order valence-corrected chi connectivity index (χ0v) is 11.0. The van der Waals surface area contributed by atoms with E-state index < -0.39 is 0 Å². The molecule has 1 aliphatic heterocycles. The smallest absolute Gasteiger partial charge is 0.254 e. The van der Waals surface area contributed by atoms with Crippen molar-refractivity contribution in [2.45, 2.75) is 25.3 Å². The monoisotopic (exact) mass is 279 g/mol. The van der Waals surface area contributed by atoms with Crippen molar-refractivity contribution in [2.24, 2.45) is 0 Å². The van der Waals surface area contributed by atoms with Crippen LogP contribution in [0.4, 0.5) is 0 Å². The summed E-state index contributed by atoms with van der Waals surface area (Å²) in [5.41, 5.74) is 0.431. The molecule has 0 radical (unpaired) electrons. The fourth-order valence-electron chi connectivity index (χ4n) is 1.94. The van der Waals surface area contributed by atoms with Gasteiger partial charge in [0.15, 0.2) is 0 Å². The molecule has 0 aliphatic carbocycles. The van der Waals surface area contributed by atoms with Gasteiger partial charge in [0.1, 0.15) is 6.26 Å². The Morgan fingerprint density at radius 3 is 2.95 bits per heavy atom. The molecule has 1 aromatic rings. The van der Waals surface area contributed by atoms with E-state index in [1.165, 1.54) is 12.5 Å². The summed E-state index contributed by atoms with van der Waals surface area (Å²) in [4.78, 5) is 34.2. The zero-order valence-electron chi connectivity index (χ0n) is 11.0. The van der Waals surface area contributed by atoms with Gasteiger partial charge in [-0.25, -0.2) is 0 Å². The third-order valence-electron chi connectivity index (χ3n) is 3.05. The van der Waals surface area contributed by atoms with Crippen molar-refractivity contribution in [1.29, 1.82) is 0 Å². The van der Waals surface area contributed by atoms with E-state index in [9.17, 15) is 14.4 Å². The van der Waals surface area contributed by atoms with Crippen molar-refractivity contribution in [3.8, 4) is 0 Å². The van der Waals surface area contributed by atoms with Crippen LogP contribution < -0.4 is 16.0 Å². The van der Waals surface area contributed by atoms with Crippen LogP contribution in [0.15, 0.2) is 23.0 Å². The molecule has 2 rings (SSSR count). The van der Waals surface area contributed by atoms with Crippen molar-refractivity contribution in [1.82, 2.24) is 16.0 Å². The Kier molecular flexibility index (Phi) is 4.75. The molecule has 1 aromatic heterocycles. The van der Waals surface area contributed by atoms with Gasteiger partial charge < -0.3 is 20.4 Å². The SMILES string of the molecule is O=C1CCC(NC(=O)CCNC(=O)c2ccoc2)CN1. The Labute approximate surface area is 116 Å². The molecule has 1 unspecified atom stereocenters. The maximum Gasteiger partial charge on any atom is 0.254 e. The van der Waals surface area contributed by atoms with E-state index in [0.29, 0.717) is 24.9 Å². The molecule has 20 heavy (non-hydrogen) atoms. The average Bonchev–Trinajstić information content (AvgIpc) is 2.95. The van der Waals surface area contributed by atoms with Gasteiger partial charge >= 0.3 is 0 Å². The van der Waals surface area contributed by atoms with Gasteiger partial charge in [0.25, 0.3) is 5.91 Å². The number of furan rings is 1. The molecule has 7 heteroatoms. The minimum absolute atomic E-state index is 0.0166. The number of nitrogens with one attached hydrogen (secondary N) is 3. The predicted octanol–water partition coefficient (Wildman–Crippen LogP) is -0.206. The number of carbonyl (C=O) groups is 3. The molecular formula is C13H17N3O4. The summed E-state index contributed by atoms with van der Waals surface area (Å²) in [6.07, 6.45) is 4.05. The van der Waals surface area contributed by atoms with Crippen LogP contribution in [-0.4, -0.2) is 36.9 Å². The summed E-state index contributed by atoms with van der Waals surface area (Å²) < 4.78 is 4.80. The molecule has 2 heterocycles. The third kappa shape index (κ3) is 4.11. The maximum absolute atomic E-state index is 11.7. The first-order valence-electron chi connectivity index (χ1n) is 6.51. The molecule has 0 spiro atoms. The summed E-state index contributed by atoms with van der Waals surface area (Å²) in [6.45, 7) is 0.723. The number of hydrogen-bond donors (Lipinski definition) is 3. The Morgan fingerprint density at radius 2 is 2.30 bits per heavy atom. The first kappa shape index (κ1) is 14.1. The Bertz CT molecular complexity index is 474. The lowest BCUT2D eigenvalue weighted by Gasteiger charge is -2.23. The molecule has 1 saturated heterocycles. The van der Waals surface area contributed by atoms with Gasteiger partial charge in [-0.15, -0.1) is 0 Å². The van der Waals surface area contributed by atoms with Crippen LogP contribution in [0.25, 0.3) is 0 Å². The molecule has 1 fully saturated rings. The molecule has 0 aromatic carbocycles. The fraction of sp³-hybridized carbons (Fsp3) is 0.462. The van der Waals surface area contributed by atoms with Crippen LogP contribution >= 0.6 is 0 Å². The second-order valence-electron chi connectivity index (χ2n) is 4.63. The number of piperidine rings is 1. The Hall–Kier alpha value is -2.31. The van der Waals surface area contributed by atoms with E-state index in [1.807, 2.05) is 0 Å². The summed E-state index contributed by atoms with van der Waals surface area (Å²) in [5, 5.41) is 8.15. The lowest BCUT2D eigenvalue weighted by Crippen LogP contribution is -2.48. The van der Waals surface area contributed by atoms with Gasteiger partial charge in [-0.1, -0.05) is 0 Å². The highest BCUT2D eigenvalue weighted by molar-refractivity contribution is 5.94. The lowest BCUT2D eigenvalue weighted by atomic mass is 10.1. The van der Waals surface area contributed by atoms with Gasteiger partial charge in [0, 0.05) is 32.0 Å². The van der Waals surface area contributed by atoms with Crippen LogP contribution in [0, 0.1) is 0 Å². The van der Waals surface area contributed by atoms with Gasteiger partial charge in [0.05, 0.1) is 11.8 Å². The molecule has 1 aliphatic rings. The zero-order chi connectivity index (χ0) is 14.4. The van der Waals surface area contributed by atoms with Gasteiger partial charge in [-0.3, -0.25) is 14.4 Å². The third-order valence-corrected chi connectivity index (χ3v) is 3.05. The first-order valence-corrected chi connectivity index (χ1v) is 6.51. The van der Waals surface area contributed by atoms with Gasteiger partial charge in [0.2, 0.25) is 11.8 Å². The van der Waals surface area contributed by atoms with Crippen LogP contribution in [0.5, 0.6) is 0 Å². The molecular weight excluding hydrogens is 262 g/mol. The van der Waals surface area contributed by atoms with Gasteiger partial charge in [-0.2, -0.15) is 0 Å². The average molecular weight is 279 g/mol. The minimum atomic E-state index is -0.267. The van der Waals surface area contributed by atoms with Crippen LogP contribution in [0.3, 0.4) is 0 Å². The number of hydrogen-bond acceptors (Lipinski definition) is 4. The van der Waals surface area contributed by atoms with E-state index >= 15 is 0 Å². The second-order valence-corrected chi connectivity index (χ2v) is 4.63. The molecule has 0 bridgehead atoms. The molecule has 3 amide bonds. The van der Waals surface area contributed by atoms with Crippen LogP contribution in [0.2, 0.25) is 0 Å². The molecule has 3 N–H and O–H groups in total. The van der Waals surface area contributed by atoms with Crippen molar-refractivity contribution in [2.75, 3.05) is 13.1 Å². The van der Waals surface area contributed by atoms with E-state index in [0.717, 1.165) is 0 Å². The fourth-order valence-corrected chi connectivity index (χ4v) is 1.94. The molecule has 0 saturated carbocycles. The predicted molar refractivity (Wildman–Crippen MR) is 69.8 cm³/mol. The van der Waals surface area contributed by atoms with Crippen molar-refractivity contribution < 1.29 is 18.8 Å². The molecule has 108 valence electrons. The Balaban J connectivity index is 1.63. The molecule has 1 atom stereocenters. The second kappa shape index (κ2) is 6.74. The normalized spacial score (nSPS) is 18.2. The first-order chi connectivity index (χ1) is 9.65. The van der Waals surface area contributed by atoms with Crippen molar-refractivity contribution in [3.05, 3.63) is 24.2 Å². The van der Waals surface area contributed by atoms with E-state index in [4.69, 9.17) is 4.42 Å². The summed E-state index contributed by atoms with van der Waals surface area (Å²) in [7, 11) is 0. The largest absolute Gasteiger partial charge is 0.472 e. The highest BCUT2D eigenvalue weighted by atomic mass is 16.3. The standard InChI is InChI=1S/C13H17N3O4/c17-11-2-1-10(7-15-11)16-12(18)3-5-14-13(19)9-4-6-20-8-9/h4,6,8,10H,1-3,5,7H2,(H,14,19)(H,15,17)(H,16,18). The highest BCUT2D eigenvalue weighted by Gasteiger charge is 2.19. The number of rotatable bonds is 5. The van der Waals surface area contributed by atoms with E-state index in [-0.39, 0.29) is 36.7 Å². The summed E-state index contributed by atoms with van der Waals surface area (Å²) in [5.74, 6) is -0.391. The van der Waals surface area contributed by atoms with Crippen LogP contribution in [0.1, 0.15) is 29.6 Å². The van der Waals surface area contributed by atoms with E-state index in [1.54, 1.807) is 6.07 Å². The minimum Gasteiger partial charge on any atom is -0.472 e. The molecule has 7 nitrogen and oxygen atoms in total. The highest BCUT2D eigenvalue weighted by Crippen LogP contribution is 2.03. The van der Waals surface area contributed by atoms with Crippen molar-refractivity contribution >= 4 is 17.7 Å². The Morgan fingerprint density at radius 1 is 1.45 bits per heavy atom. The number of amides is 3. The summed E-state index contributed by atoms with van der Waals surface area (Å²) >= 11 is 0. The quantitative estimate of drug-likeness (QED) is 0.694. The van der Waals surface area contributed by atoms with E-state index in [2.05, 4.69) is 16.0 Å². The number of carbonyl (C=O) groups excluding carboxylic acids is 3. The van der Waals surface area contributed by atoms with Gasteiger partial charge in [-0.05, 0) is 12.5 Å². The van der Waals surface area contributed by atoms with Crippen LogP contribution in [-0.2, 0) is 9.59 Å². The topological polar surface area (TPSA) is 100 Å². The summed E-state index contributed by atoms with van der Waals surface area (Å²) in [6, 6.07) is 1.53. The lowest BCUT2D eigenvalue weighted by molar-refractivity contribution is -0.125.